The van der Waals surface area contributed by atoms with E-state index >= 15 is 0 Å². The Bertz CT molecular complexity index is 284. The number of furan rings is 1. The van der Waals surface area contributed by atoms with Gasteiger partial charge in [0.05, 0.1) is 18.4 Å². The zero-order valence-corrected chi connectivity index (χ0v) is 9.15. The third kappa shape index (κ3) is 2.61. The van der Waals surface area contributed by atoms with Crippen molar-refractivity contribution in [2.24, 2.45) is 0 Å². The minimum atomic E-state index is -0.198. The Kier molecular flexibility index (Phi) is 3.44. The molecule has 0 aromatic carbocycles. The quantitative estimate of drug-likeness (QED) is 0.802. The normalized spacial score (nSPS) is 28.9. The van der Waals surface area contributed by atoms with Gasteiger partial charge in [0, 0.05) is 6.04 Å². The highest BCUT2D eigenvalue weighted by molar-refractivity contribution is 5.03. The highest BCUT2D eigenvalue weighted by Crippen LogP contribution is 2.22. The Hall–Kier alpha value is -0.800. The van der Waals surface area contributed by atoms with Gasteiger partial charge in [0.15, 0.2) is 0 Å². The fourth-order valence-electron chi connectivity index (χ4n) is 2.25. The van der Waals surface area contributed by atoms with E-state index in [9.17, 15) is 5.11 Å². The molecule has 84 valence electrons. The molecule has 2 N–H and O–H groups in total. The maximum atomic E-state index is 9.82. The summed E-state index contributed by atoms with van der Waals surface area (Å²) < 4.78 is 5.33. The van der Waals surface area contributed by atoms with Crippen LogP contribution in [-0.2, 0) is 0 Å². The van der Waals surface area contributed by atoms with Crippen LogP contribution in [0.1, 0.15) is 44.4 Å². The summed E-state index contributed by atoms with van der Waals surface area (Å²) in [5.74, 6) is 0.938. The molecular formula is C12H19NO2. The Labute approximate surface area is 90.5 Å². The minimum Gasteiger partial charge on any atom is -0.468 e. The Morgan fingerprint density at radius 2 is 2.27 bits per heavy atom. The molecule has 0 bridgehead atoms. The van der Waals surface area contributed by atoms with E-state index in [1.54, 1.807) is 6.26 Å². The predicted octanol–water partition coefficient (Wildman–Crippen LogP) is 2.23. The van der Waals surface area contributed by atoms with Crippen molar-refractivity contribution in [2.75, 3.05) is 0 Å². The van der Waals surface area contributed by atoms with Crippen LogP contribution in [0.25, 0.3) is 0 Å². The molecule has 0 aliphatic heterocycles. The van der Waals surface area contributed by atoms with Crippen LogP contribution in [0.5, 0.6) is 0 Å². The lowest BCUT2D eigenvalue weighted by atomic mass is 9.92. The van der Waals surface area contributed by atoms with Gasteiger partial charge in [0.25, 0.3) is 0 Å². The fourth-order valence-corrected chi connectivity index (χ4v) is 2.25. The van der Waals surface area contributed by atoms with Crippen molar-refractivity contribution >= 4 is 0 Å². The van der Waals surface area contributed by atoms with Crippen LogP contribution >= 0.6 is 0 Å². The first-order valence-corrected chi connectivity index (χ1v) is 5.75. The molecule has 1 heterocycles. The number of rotatable bonds is 3. The summed E-state index contributed by atoms with van der Waals surface area (Å²) >= 11 is 0. The van der Waals surface area contributed by atoms with E-state index in [0.29, 0.717) is 0 Å². The van der Waals surface area contributed by atoms with Gasteiger partial charge in [-0.1, -0.05) is 12.8 Å². The van der Waals surface area contributed by atoms with Gasteiger partial charge in [-0.05, 0) is 31.9 Å². The van der Waals surface area contributed by atoms with Gasteiger partial charge in [-0.2, -0.15) is 0 Å². The van der Waals surface area contributed by atoms with Crippen molar-refractivity contribution in [2.45, 2.75) is 50.8 Å². The van der Waals surface area contributed by atoms with Crippen LogP contribution in [0.3, 0.4) is 0 Å². The lowest BCUT2D eigenvalue weighted by Crippen LogP contribution is -2.43. The second-order valence-electron chi connectivity index (χ2n) is 4.36. The van der Waals surface area contributed by atoms with Gasteiger partial charge in [-0.15, -0.1) is 0 Å². The molecule has 0 saturated heterocycles. The van der Waals surface area contributed by atoms with E-state index in [2.05, 4.69) is 12.2 Å². The third-order valence-electron chi connectivity index (χ3n) is 3.16. The summed E-state index contributed by atoms with van der Waals surface area (Å²) in [5.41, 5.74) is 0. The molecule has 1 saturated carbocycles. The van der Waals surface area contributed by atoms with E-state index in [4.69, 9.17) is 4.42 Å². The van der Waals surface area contributed by atoms with Crippen molar-refractivity contribution < 1.29 is 9.52 Å². The molecule has 2 rings (SSSR count). The number of aliphatic hydroxyl groups excluding tert-OH is 1. The standard InChI is InChI=1S/C12H19NO2/c1-9(12-7-4-8-15-12)13-10-5-2-3-6-11(10)14/h4,7-11,13-14H,2-3,5-6H2,1H3. The van der Waals surface area contributed by atoms with E-state index in [1.807, 2.05) is 12.1 Å². The van der Waals surface area contributed by atoms with Gasteiger partial charge in [0.1, 0.15) is 5.76 Å². The Morgan fingerprint density at radius 3 is 2.93 bits per heavy atom. The molecule has 0 radical (unpaired) electrons. The number of aliphatic hydroxyl groups is 1. The fraction of sp³-hybridized carbons (Fsp3) is 0.667. The van der Waals surface area contributed by atoms with Gasteiger partial charge >= 0.3 is 0 Å². The van der Waals surface area contributed by atoms with Crippen molar-refractivity contribution in [3.63, 3.8) is 0 Å². The van der Waals surface area contributed by atoms with Gasteiger partial charge in [-0.3, -0.25) is 0 Å². The third-order valence-corrected chi connectivity index (χ3v) is 3.16. The molecule has 3 unspecified atom stereocenters. The van der Waals surface area contributed by atoms with Crippen molar-refractivity contribution in [3.8, 4) is 0 Å². The molecule has 15 heavy (non-hydrogen) atoms. The highest BCUT2D eigenvalue weighted by atomic mass is 16.3. The van der Waals surface area contributed by atoms with Crippen LogP contribution in [0, 0.1) is 0 Å². The monoisotopic (exact) mass is 209 g/mol. The summed E-state index contributed by atoms with van der Waals surface area (Å²) in [7, 11) is 0. The smallest absolute Gasteiger partial charge is 0.120 e. The average molecular weight is 209 g/mol. The lowest BCUT2D eigenvalue weighted by molar-refractivity contribution is 0.0845. The zero-order chi connectivity index (χ0) is 10.7. The first-order chi connectivity index (χ1) is 7.27. The van der Waals surface area contributed by atoms with E-state index < -0.39 is 0 Å². The summed E-state index contributed by atoms with van der Waals surface area (Å²) in [6.07, 6.45) is 5.82. The molecule has 0 spiro atoms. The molecule has 0 amide bonds. The highest BCUT2D eigenvalue weighted by Gasteiger charge is 2.24. The second-order valence-corrected chi connectivity index (χ2v) is 4.36. The van der Waals surface area contributed by atoms with Crippen LogP contribution in [0.2, 0.25) is 0 Å². The SMILES string of the molecule is CC(NC1CCCCC1O)c1ccco1. The molecule has 1 aromatic rings. The first-order valence-electron chi connectivity index (χ1n) is 5.75. The summed E-state index contributed by atoms with van der Waals surface area (Å²) in [4.78, 5) is 0. The molecule has 1 aliphatic rings. The van der Waals surface area contributed by atoms with Gasteiger partial charge in [0.2, 0.25) is 0 Å². The van der Waals surface area contributed by atoms with E-state index in [-0.39, 0.29) is 18.2 Å². The zero-order valence-electron chi connectivity index (χ0n) is 9.15. The Balaban J connectivity index is 1.90. The van der Waals surface area contributed by atoms with E-state index in [1.165, 1.54) is 6.42 Å². The summed E-state index contributed by atoms with van der Waals surface area (Å²) in [6.45, 7) is 2.07. The maximum Gasteiger partial charge on any atom is 0.120 e. The van der Waals surface area contributed by atoms with Crippen LogP contribution < -0.4 is 5.32 Å². The molecule has 1 fully saturated rings. The first kappa shape index (κ1) is 10.7. The molecule has 3 nitrogen and oxygen atoms in total. The lowest BCUT2D eigenvalue weighted by Gasteiger charge is -2.30. The van der Waals surface area contributed by atoms with Crippen LogP contribution in [-0.4, -0.2) is 17.3 Å². The summed E-state index contributed by atoms with van der Waals surface area (Å²) in [5, 5.41) is 13.2. The summed E-state index contributed by atoms with van der Waals surface area (Å²) in [6, 6.07) is 4.26. The molecule has 1 aromatic heterocycles. The number of hydrogen-bond donors (Lipinski definition) is 2. The molecular weight excluding hydrogens is 190 g/mol. The van der Waals surface area contributed by atoms with Crippen LogP contribution in [0.15, 0.2) is 22.8 Å². The van der Waals surface area contributed by atoms with Crippen molar-refractivity contribution in [1.29, 1.82) is 0 Å². The topological polar surface area (TPSA) is 45.4 Å². The molecule has 1 aliphatic carbocycles. The average Bonchev–Trinajstić information content (AvgIpc) is 2.74. The second kappa shape index (κ2) is 4.81. The molecule has 3 heteroatoms. The van der Waals surface area contributed by atoms with Gasteiger partial charge < -0.3 is 14.8 Å². The maximum absolute atomic E-state index is 9.82. The molecule has 3 atom stereocenters. The van der Waals surface area contributed by atoms with Gasteiger partial charge in [-0.25, -0.2) is 0 Å². The largest absolute Gasteiger partial charge is 0.468 e. The minimum absolute atomic E-state index is 0.178. The van der Waals surface area contributed by atoms with Crippen LogP contribution in [0.4, 0.5) is 0 Å². The predicted molar refractivity (Wildman–Crippen MR) is 58.5 cm³/mol. The number of nitrogens with one attached hydrogen (secondary N) is 1. The van der Waals surface area contributed by atoms with E-state index in [0.717, 1.165) is 25.0 Å². The van der Waals surface area contributed by atoms with Crippen molar-refractivity contribution in [3.05, 3.63) is 24.2 Å². The van der Waals surface area contributed by atoms with Crippen molar-refractivity contribution in [1.82, 2.24) is 5.32 Å². The number of hydrogen-bond acceptors (Lipinski definition) is 3. The Morgan fingerprint density at radius 1 is 1.47 bits per heavy atom.